The largest absolute Gasteiger partial charge is 0.384 e. The van der Waals surface area contributed by atoms with E-state index in [0.29, 0.717) is 0 Å². The summed E-state index contributed by atoms with van der Waals surface area (Å²) in [5.41, 5.74) is 1.09. The Morgan fingerprint density at radius 2 is 2.05 bits per heavy atom. The summed E-state index contributed by atoms with van der Waals surface area (Å²) in [5.74, 6) is 1.88. The van der Waals surface area contributed by atoms with Gasteiger partial charge in [-0.25, -0.2) is 0 Å². The van der Waals surface area contributed by atoms with Crippen LogP contribution in [0, 0.1) is 5.41 Å². The first-order chi connectivity index (χ1) is 9.05. The van der Waals surface area contributed by atoms with Crippen LogP contribution in [0.25, 0.3) is 10.9 Å². The number of hydrogen-bond acceptors (Lipinski definition) is 3. The van der Waals surface area contributed by atoms with E-state index >= 15 is 0 Å². The number of hydrogen-bond donors (Lipinski definition) is 1. The third-order valence-electron chi connectivity index (χ3n) is 4.39. The standard InChI is InChI=1S/C16H19NOS/c1-15(2)8-10-19-11-16(15,18)13-6-3-7-14-12(13)5-4-9-17-14/h3-7,9,18H,8,10-11H2,1-2H3. The normalized spacial score (nSPS) is 26.5. The van der Waals surface area contributed by atoms with Crippen molar-refractivity contribution in [1.29, 1.82) is 0 Å². The SMILES string of the molecule is CC1(C)CCSCC1(O)c1cccc2ncccc12. The lowest BCUT2D eigenvalue weighted by Crippen LogP contribution is -2.47. The molecule has 1 atom stereocenters. The van der Waals surface area contributed by atoms with Crippen LogP contribution in [0.4, 0.5) is 0 Å². The van der Waals surface area contributed by atoms with Gasteiger partial charge in [0, 0.05) is 17.3 Å². The molecule has 19 heavy (non-hydrogen) atoms. The fourth-order valence-corrected chi connectivity index (χ4v) is 4.50. The molecule has 1 aromatic carbocycles. The number of benzene rings is 1. The number of aromatic nitrogens is 1. The number of aliphatic hydroxyl groups is 1. The van der Waals surface area contributed by atoms with Gasteiger partial charge in [-0.2, -0.15) is 11.8 Å². The van der Waals surface area contributed by atoms with E-state index in [-0.39, 0.29) is 5.41 Å². The Labute approximate surface area is 118 Å². The molecule has 1 aromatic heterocycles. The summed E-state index contributed by atoms with van der Waals surface area (Å²) < 4.78 is 0. The molecule has 0 amide bonds. The highest BCUT2D eigenvalue weighted by atomic mass is 32.2. The van der Waals surface area contributed by atoms with Crippen molar-refractivity contribution in [2.45, 2.75) is 25.9 Å². The van der Waals surface area contributed by atoms with Crippen molar-refractivity contribution < 1.29 is 5.11 Å². The van der Waals surface area contributed by atoms with Crippen LogP contribution in [0.3, 0.4) is 0 Å². The van der Waals surface area contributed by atoms with Crippen molar-refractivity contribution in [3.63, 3.8) is 0 Å². The van der Waals surface area contributed by atoms with Gasteiger partial charge in [-0.1, -0.05) is 32.0 Å². The topological polar surface area (TPSA) is 33.1 Å². The number of rotatable bonds is 1. The maximum Gasteiger partial charge on any atom is 0.104 e. The second-order valence-corrected chi connectivity index (χ2v) is 7.03. The highest BCUT2D eigenvalue weighted by Gasteiger charge is 2.47. The third kappa shape index (κ3) is 1.96. The number of fused-ring (bicyclic) bond motifs is 1. The monoisotopic (exact) mass is 273 g/mol. The van der Waals surface area contributed by atoms with Gasteiger partial charge in [-0.05, 0) is 35.3 Å². The van der Waals surface area contributed by atoms with E-state index in [4.69, 9.17) is 0 Å². The molecule has 3 rings (SSSR count). The predicted octanol–water partition coefficient (Wildman–Crippen LogP) is 3.59. The maximum atomic E-state index is 11.3. The second-order valence-electron chi connectivity index (χ2n) is 5.92. The van der Waals surface area contributed by atoms with Crippen LogP contribution in [0.15, 0.2) is 36.5 Å². The summed E-state index contributed by atoms with van der Waals surface area (Å²) in [4.78, 5) is 4.40. The molecule has 0 saturated carbocycles. The lowest BCUT2D eigenvalue weighted by Gasteiger charge is -2.46. The van der Waals surface area contributed by atoms with Crippen molar-refractivity contribution in [3.8, 4) is 0 Å². The summed E-state index contributed by atoms with van der Waals surface area (Å²) in [6.45, 7) is 4.34. The fourth-order valence-electron chi connectivity index (χ4n) is 2.86. The fraction of sp³-hybridized carbons (Fsp3) is 0.438. The average molecular weight is 273 g/mol. The second kappa shape index (κ2) is 4.50. The van der Waals surface area contributed by atoms with E-state index in [2.05, 4.69) is 31.0 Å². The van der Waals surface area contributed by atoms with Gasteiger partial charge in [0.05, 0.1) is 5.52 Å². The lowest BCUT2D eigenvalue weighted by atomic mass is 9.69. The molecule has 2 aromatic rings. The van der Waals surface area contributed by atoms with Crippen molar-refractivity contribution >= 4 is 22.7 Å². The molecule has 1 N–H and O–H groups in total. The minimum atomic E-state index is -0.779. The molecule has 0 spiro atoms. The van der Waals surface area contributed by atoms with Crippen molar-refractivity contribution in [2.24, 2.45) is 5.41 Å². The molecule has 0 bridgehead atoms. The van der Waals surface area contributed by atoms with E-state index in [1.807, 2.05) is 30.0 Å². The smallest absolute Gasteiger partial charge is 0.104 e. The first kappa shape index (κ1) is 12.9. The van der Waals surface area contributed by atoms with Crippen molar-refractivity contribution in [3.05, 3.63) is 42.1 Å². The Morgan fingerprint density at radius 1 is 1.21 bits per heavy atom. The van der Waals surface area contributed by atoms with E-state index < -0.39 is 5.60 Å². The van der Waals surface area contributed by atoms with Crippen LogP contribution in [0.1, 0.15) is 25.8 Å². The molecular formula is C16H19NOS. The molecule has 0 radical (unpaired) electrons. The first-order valence-corrected chi connectivity index (χ1v) is 7.84. The van der Waals surface area contributed by atoms with Gasteiger partial charge in [-0.15, -0.1) is 0 Å². The Balaban J connectivity index is 2.23. The Morgan fingerprint density at radius 3 is 2.84 bits per heavy atom. The highest BCUT2D eigenvalue weighted by molar-refractivity contribution is 7.99. The minimum absolute atomic E-state index is 0.109. The van der Waals surface area contributed by atoms with Crippen LogP contribution in [-0.2, 0) is 5.60 Å². The average Bonchev–Trinajstić information content (AvgIpc) is 2.41. The van der Waals surface area contributed by atoms with E-state index in [1.165, 1.54) is 0 Å². The summed E-state index contributed by atoms with van der Waals surface area (Å²) in [6, 6.07) is 10.1. The molecule has 3 heteroatoms. The van der Waals surface area contributed by atoms with Crippen LogP contribution < -0.4 is 0 Å². The van der Waals surface area contributed by atoms with E-state index in [0.717, 1.165) is 34.4 Å². The molecule has 1 saturated heterocycles. The van der Waals surface area contributed by atoms with E-state index in [9.17, 15) is 5.11 Å². The van der Waals surface area contributed by atoms with Crippen LogP contribution in [-0.4, -0.2) is 21.6 Å². The van der Waals surface area contributed by atoms with Gasteiger partial charge in [0.2, 0.25) is 0 Å². The number of nitrogens with zero attached hydrogens (tertiary/aromatic N) is 1. The number of thioether (sulfide) groups is 1. The maximum absolute atomic E-state index is 11.3. The summed E-state index contributed by atoms with van der Waals surface area (Å²) in [7, 11) is 0. The van der Waals surface area contributed by atoms with Gasteiger partial charge >= 0.3 is 0 Å². The molecule has 2 nitrogen and oxygen atoms in total. The van der Waals surface area contributed by atoms with Gasteiger partial charge in [0.25, 0.3) is 0 Å². The summed E-state index contributed by atoms with van der Waals surface area (Å²) in [5, 5.41) is 12.4. The van der Waals surface area contributed by atoms with E-state index in [1.54, 1.807) is 6.20 Å². The van der Waals surface area contributed by atoms with Gasteiger partial charge < -0.3 is 5.11 Å². The zero-order chi connectivity index (χ0) is 13.5. The van der Waals surface area contributed by atoms with Crippen LogP contribution >= 0.6 is 11.8 Å². The summed E-state index contributed by atoms with van der Waals surface area (Å²) in [6.07, 6.45) is 2.84. The quantitative estimate of drug-likeness (QED) is 0.862. The molecular weight excluding hydrogens is 254 g/mol. The van der Waals surface area contributed by atoms with Crippen LogP contribution in [0.5, 0.6) is 0 Å². The zero-order valence-corrected chi connectivity index (χ0v) is 12.2. The van der Waals surface area contributed by atoms with Gasteiger partial charge in [0.1, 0.15) is 5.60 Å². The molecule has 0 aliphatic carbocycles. The molecule has 1 unspecified atom stereocenters. The third-order valence-corrected chi connectivity index (χ3v) is 5.51. The highest BCUT2D eigenvalue weighted by Crippen LogP contribution is 2.49. The summed E-state index contributed by atoms with van der Waals surface area (Å²) >= 11 is 1.84. The molecule has 1 aliphatic rings. The van der Waals surface area contributed by atoms with Crippen LogP contribution in [0.2, 0.25) is 0 Å². The minimum Gasteiger partial charge on any atom is -0.384 e. The Kier molecular flexibility index (Phi) is 3.06. The Hall–Kier alpha value is -1.06. The molecule has 1 fully saturated rings. The van der Waals surface area contributed by atoms with Crippen molar-refractivity contribution in [1.82, 2.24) is 4.98 Å². The van der Waals surface area contributed by atoms with Gasteiger partial charge in [-0.3, -0.25) is 4.98 Å². The predicted molar refractivity (Wildman–Crippen MR) is 81.4 cm³/mol. The lowest BCUT2D eigenvalue weighted by molar-refractivity contribution is -0.0566. The molecule has 100 valence electrons. The first-order valence-electron chi connectivity index (χ1n) is 6.69. The van der Waals surface area contributed by atoms with Gasteiger partial charge in [0.15, 0.2) is 0 Å². The Bertz CT molecular complexity index is 605. The number of pyridine rings is 1. The van der Waals surface area contributed by atoms with Crippen molar-refractivity contribution in [2.75, 3.05) is 11.5 Å². The zero-order valence-electron chi connectivity index (χ0n) is 11.4. The molecule has 2 heterocycles. The molecule has 1 aliphatic heterocycles.